The van der Waals surface area contributed by atoms with E-state index < -0.39 is 0 Å². The Labute approximate surface area is 71.1 Å². The van der Waals surface area contributed by atoms with Crippen molar-refractivity contribution in [2.24, 2.45) is 0 Å². The van der Waals surface area contributed by atoms with Gasteiger partial charge < -0.3 is 15.6 Å². The minimum absolute atomic E-state index is 0.227. The second-order valence-corrected chi connectivity index (χ2v) is 2.78. The Hall–Kier alpha value is -1.29. The fraction of sp³-hybridized carbons (Fsp3) is 0.375. The molecule has 0 aliphatic carbocycles. The Morgan fingerprint density at radius 3 is 2.83 bits per heavy atom. The maximum atomic E-state index is 11.1. The van der Waals surface area contributed by atoms with Crippen LogP contribution in [0.3, 0.4) is 0 Å². The number of carbonyl (C=O) groups is 1. The smallest absolute Gasteiger partial charge is 0.222 e. The minimum Gasteiger partial charge on any atom is -0.757 e. The van der Waals surface area contributed by atoms with Crippen LogP contribution < -0.4 is 5.32 Å². The van der Waals surface area contributed by atoms with Crippen LogP contribution >= 0.6 is 0 Å². The van der Waals surface area contributed by atoms with Gasteiger partial charge in [-0.2, -0.15) is 0 Å². The van der Waals surface area contributed by atoms with E-state index in [1.165, 1.54) is 6.92 Å². The Balaban J connectivity index is 2.69. The summed E-state index contributed by atoms with van der Waals surface area (Å²) in [5.41, 5.74) is 0.985. The van der Waals surface area contributed by atoms with Crippen LogP contribution in [0.5, 0.6) is 0 Å². The molecule has 0 spiro atoms. The highest BCUT2D eigenvalue weighted by Gasteiger charge is 2.05. The van der Waals surface area contributed by atoms with Crippen LogP contribution in [0.1, 0.15) is 13.8 Å². The van der Waals surface area contributed by atoms with Gasteiger partial charge in [0.25, 0.3) is 0 Å². The molecule has 1 heterocycles. The molecule has 0 aromatic rings. The SMILES string of the molecule is CC(=O)NC1=CC=C(C)CN1[O-]. The molecule has 0 aromatic heterocycles. The summed E-state index contributed by atoms with van der Waals surface area (Å²) in [4.78, 5) is 10.6. The number of nitrogens with zero attached hydrogens (tertiary/aromatic N) is 1. The maximum absolute atomic E-state index is 11.1. The molecule has 1 rings (SSSR count). The molecule has 0 bridgehead atoms. The molecular weight excluding hydrogens is 156 g/mol. The van der Waals surface area contributed by atoms with Gasteiger partial charge in [-0.15, -0.1) is 0 Å². The van der Waals surface area contributed by atoms with Gasteiger partial charge in [0.15, 0.2) is 0 Å². The third-order valence-electron chi connectivity index (χ3n) is 1.49. The average molecular weight is 167 g/mol. The normalized spacial score (nSPS) is 16.8. The zero-order valence-corrected chi connectivity index (χ0v) is 7.13. The van der Waals surface area contributed by atoms with E-state index in [1.54, 1.807) is 6.08 Å². The van der Waals surface area contributed by atoms with Crippen LogP contribution in [0.15, 0.2) is 23.5 Å². The lowest BCUT2D eigenvalue weighted by Crippen LogP contribution is -2.32. The molecule has 1 aliphatic heterocycles. The number of hydroxylamine groups is 2. The van der Waals surface area contributed by atoms with Gasteiger partial charge in [-0.3, -0.25) is 4.79 Å². The topological polar surface area (TPSA) is 55.4 Å². The molecule has 0 saturated carbocycles. The number of amides is 1. The van der Waals surface area contributed by atoms with Crippen LogP contribution in [-0.4, -0.2) is 17.5 Å². The van der Waals surface area contributed by atoms with E-state index in [0.717, 1.165) is 10.6 Å². The number of carbonyl (C=O) groups excluding carboxylic acids is 1. The van der Waals surface area contributed by atoms with Crippen molar-refractivity contribution in [3.05, 3.63) is 28.8 Å². The zero-order chi connectivity index (χ0) is 9.14. The number of hydrogen-bond acceptors (Lipinski definition) is 3. The van der Waals surface area contributed by atoms with Crippen molar-refractivity contribution < 1.29 is 4.79 Å². The standard InChI is InChI=1S/C8H11N2O2/c1-6-3-4-8(9-7(2)11)10(12)5-6/h3-4H,5H2,1-2H3,(H,9,11)/q-1. The average Bonchev–Trinajstić information content (AvgIpc) is 1.94. The summed E-state index contributed by atoms with van der Waals surface area (Å²) in [6.45, 7) is 3.57. The van der Waals surface area contributed by atoms with Crippen molar-refractivity contribution in [1.29, 1.82) is 0 Å². The molecule has 0 atom stereocenters. The van der Waals surface area contributed by atoms with Crippen molar-refractivity contribution in [2.75, 3.05) is 6.54 Å². The van der Waals surface area contributed by atoms with Gasteiger partial charge in [-0.05, 0) is 13.0 Å². The van der Waals surface area contributed by atoms with Crippen LogP contribution in [0.2, 0.25) is 0 Å². The first-order valence-corrected chi connectivity index (χ1v) is 3.69. The molecule has 4 nitrogen and oxygen atoms in total. The van der Waals surface area contributed by atoms with E-state index in [0.29, 0.717) is 12.4 Å². The maximum Gasteiger partial charge on any atom is 0.222 e. The third kappa shape index (κ3) is 2.10. The molecule has 1 N–H and O–H groups in total. The Bertz CT molecular complexity index is 256. The number of nitrogens with one attached hydrogen (secondary N) is 1. The quantitative estimate of drug-likeness (QED) is 0.626. The zero-order valence-electron chi connectivity index (χ0n) is 7.13. The minimum atomic E-state index is -0.227. The first kappa shape index (κ1) is 8.80. The Kier molecular flexibility index (Phi) is 2.50. The first-order chi connectivity index (χ1) is 5.59. The largest absolute Gasteiger partial charge is 0.757 e. The highest BCUT2D eigenvalue weighted by Crippen LogP contribution is 2.10. The first-order valence-electron chi connectivity index (χ1n) is 3.69. The van der Waals surface area contributed by atoms with Gasteiger partial charge in [0.2, 0.25) is 5.91 Å². The molecule has 0 saturated heterocycles. The molecule has 4 heteroatoms. The molecule has 0 unspecified atom stereocenters. The number of rotatable bonds is 1. The van der Waals surface area contributed by atoms with Crippen molar-refractivity contribution in [3.63, 3.8) is 0 Å². The summed E-state index contributed by atoms with van der Waals surface area (Å²) in [5.74, 6) is 0.0863. The lowest BCUT2D eigenvalue weighted by atomic mass is 10.2. The summed E-state index contributed by atoms with van der Waals surface area (Å²) in [7, 11) is 0. The molecule has 1 amide bonds. The van der Waals surface area contributed by atoms with Gasteiger partial charge in [0, 0.05) is 13.5 Å². The fourth-order valence-electron chi connectivity index (χ4n) is 0.953. The van der Waals surface area contributed by atoms with Crippen molar-refractivity contribution in [2.45, 2.75) is 13.8 Å². The number of allylic oxidation sites excluding steroid dienone is 2. The molecule has 1 aliphatic rings. The van der Waals surface area contributed by atoms with Gasteiger partial charge in [-0.1, -0.05) is 11.6 Å². The van der Waals surface area contributed by atoms with Crippen LogP contribution in [0.25, 0.3) is 0 Å². The number of hydrogen-bond donors (Lipinski definition) is 1. The second kappa shape index (κ2) is 3.40. The van der Waals surface area contributed by atoms with Crippen LogP contribution in [0, 0.1) is 5.21 Å². The van der Waals surface area contributed by atoms with Gasteiger partial charge in [0.05, 0.1) is 5.82 Å². The van der Waals surface area contributed by atoms with E-state index in [2.05, 4.69) is 5.32 Å². The molecular formula is C8H11N2O2-. The Morgan fingerprint density at radius 1 is 1.67 bits per heavy atom. The van der Waals surface area contributed by atoms with E-state index in [9.17, 15) is 10.0 Å². The van der Waals surface area contributed by atoms with Gasteiger partial charge in [-0.25, -0.2) is 0 Å². The predicted octanol–water partition coefficient (Wildman–Crippen LogP) is 0.724. The third-order valence-corrected chi connectivity index (χ3v) is 1.49. The second-order valence-electron chi connectivity index (χ2n) is 2.78. The summed E-state index contributed by atoms with van der Waals surface area (Å²) in [6.07, 6.45) is 3.42. The van der Waals surface area contributed by atoms with Crippen molar-refractivity contribution >= 4 is 5.91 Å². The van der Waals surface area contributed by atoms with E-state index in [-0.39, 0.29) is 5.91 Å². The molecule has 0 fully saturated rings. The van der Waals surface area contributed by atoms with Gasteiger partial charge >= 0.3 is 0 Å². The molecule has 0 aromatic carbocycles. The van der Waals surface area contributed by atoms with Crippen LogP contribution in [-0.2, 0) is 4.79 Å². The summed E-state index contributed by atoms with van der Waals surface area (Å²) >= 11 is 0. The fourth-order valence-corrected chi connectivity index (χ4v) is 0.953. The Morgan fingerprint density at radius 2 is 2.33 bits per heavy atom. The van der Waals surface area contributed by atoms with Crippen molar-refractivity contribution in [1.82, 2.24) is 10.4 Å². The lowest BCUT2D eigenvalue weighted by Gasteiger charge is -2.35. The van der Waals surface area contributed by atoms with E-state index in [4.69, 9.17) is 0 Å². The van der Waals surface area contributed by atoms with Gasteiger partial charge in [0.1, 0.15) is 0 Å². The lowest BCUT2D eigenvalue weighted by molar-refractivity contribution is -0.118. The predicted molar refractivity (Wildman–Crippen MR) is 45.7 cm³/mol. The van der Waals surface area contributed by atoms with Crippen molar-refractivity contribution in [3.8, 4) is 0 Å². The summed E-state index contributed by atoms with van der Waals surface area (Å²) in [6, 6.07) is 0. The van der Waals surface area contributed by atoms with E-state index >= 15 is 0 Å². The monoisotopic (exact) mass is 167 g/mol. The van der Waals surface area contributed by atoms with E-state index in [1.807, 2.05) is 13.0 Å². The van der Waals surface area contributed by atoms with Crippen LogP contribution in [0.4, 0.5) is 0 Å². The molecule has 12 heavy (non-hydrogen) atoms. The summed E-state index contributed by atoms with van der Waals surface area (Å²) < 4.78 is 0. The summed E-state index contributed by atoms with van der Waals surface area (Å²) in [5, 5.41) is 14.3. The highest BCUT2D eigenvalue weighted by molar-refractivity contribution is 5.74. The highest BCUT2D eigenvalue weighted by atomic mass is 16.5. The molecule has 66 valence electrons. The molecule has 0 radical (unpaired) electrons.